The maximum Gasteiger partial charge on any atom is 0.213 e. The van der Waals surface area contributed by atoms with Crippen LogP contribution >= 0.6 is 34.8 Å². The monoisotopic (exact) mass is 317 g/mol. The molecular formula is C13H10Cl3NO2. The molecule has 100 valence electrons. The Bertz CT molecular complexity index is 594. The SMILES string of the molecule is COc1ccc(-c2c(Cl)cc(Cl)cc2Cl)c(CO)n1. The average Bonchev–Trinajstić information content (AvgIpc) is 2.37. The number of hydrogen-bond acceptors (Lipinski definition) is 3. The summed E-state index contributed by atoms with van der Waals surface area (Å²) in [5.41, 5.74) is 1.67. The van der Waals surface area contributed by atoms with Crippen molar-refractivity contribution in [3.05, 3.63) is 45.0 Å². The summed E-state index contributed by atoms with van der Waals surface area (Å²) >= 11 is 18.2. The summed E-state index contributed by atoms with van der Waals surface area (Å²) in [6.45, 7) is -0.248. The number of benzene rings is 1. The number of rotatable bonds is 3. The number of methoxy groups -OCH3 is 1. The molecule has 0 atom stereocenters. The number of aliphatic hydroxyl groups excluding tert-OH is 1. The van der Waals surface area contributed by atoms with Gasteiger partial charge in [0.2, 0.25) is 5.88 Å². The highest BCUT2D eigenvalue weighted by Gasteiger charge is 2.15. The highest BCUT2D eigenvalue weighted by molar-refractivity contribution is 6.41. The standard InChI is InChI=1S/C13H10Cl3NO2/c1-19-12-3-2-8(11(6-18)17-12)13-9(15)4-7(14)5-10(13)16/h2-5,18H,6H2,1H3. The molecule has 0 aliphatic heterocycles. The van der Waals surface area contributed by atoms with E-state index in [9.17, 15) is 5.11 Å². The van der Waals surface area contributed by atoms with Gasteiger partial charge in [-0.25, -0.2) is 4.98 Å². The van der Waals surface area contributed by atoms with Crippen molar-refractivity contribution in [3.8, 4) is 17.0 Å². The number of pyridine rings is 1. The van der Waals surface area contributed by atoms with Crippen molar-refractivity contribution in [2.75, 3.05) is 7.11 Å². The first kappa shape index (κ1) is 14.4. The molecule has 6 heteroatoms. The van der Waals surface area contributed by atoms with E-state index < -0.39 is 0 Å². The van der Waals surface area contributed by atoms with Crippen molar-refractivity contribution in [3.63, 3.8) is 0 Å². The van der Waals surface area contributed by atoms with Crippen LogP contribution in [0.4, 0.5) is 0 Å². The minimum absolute atomic E-state index is 0.248. The van der Waals surface area contributed by atoms with Crippen molar-refractivity contribution in [2.24, 2.45) is 0 Å². The van der Waals surface area contributed by atoms with Crippen LogP contribution in [0, 0.1) is 0 Å². The van der Waals surface area contributed by atoms with Crippen LogP contribution < -0.4 is 4.74 Å². The van der Waals surface area contributed by atoms with Crippen LogP contribution in [0.3, 0.4) is 0 Å². The summed E-state index contributed by atoms with van der Waals surface area (Å²) in [6.07, 6.45) is 0. The third-order valence-corrected chi connectivity index (χ3v) is 3.40. The number of aliphatic hydroxyl groups is 1. The van der Waals surface area contributed by atoms with Crippen LogP contribution in [0.15, 0.2) is 24.3 Å². The largest absolute Gasteiger partial charge is 0.481 e. The molecule has 0 amide bonds. The van der Waals surface area contributed by atoms with Crippen molar-refractivity contribution in [1.29, 1.82) is 0 Å². The van der Waals surface area contributed by atoms with E-state index in [0.29, 0.717) is 37.8 Å². The average molecular weight is 319 g/mol. The fraction of sp³-hybridized carbons (Fsp3) is 0.154. The van der Waals surface area contributed by atoms with Crippen molar-refractivity contribution in [1.82, 2.24) is 4.98 Å². The second-order valence-corrected chi connectivity index (χ2v) is 5.00. The molecule has 0 saturated carbocycles. The summed E-state index contributed by atoms with van der Waals surface area (Å²) in [5, 5.41) is 10.7. The van der Waals surface area contributed by atoms with E-state index in [4.69, 9.17) is 39.5 Å². The topological polar surface area (TPSA) is 42.4 Å². The number of halogens is 3. The van der Waals surface area contributed by atoms with Crippen LogP contribution in [-0.2, 0) is 6.61 Å². The lowest BCUT2D eigenvalue weighted by atomic mass is 10.0. The van der Waals surface area contributed by atoms with Gasteiger partial charge in [0.05, 0.1) is 29.5 Å². The molecule has 0 aliphatic carbocycles. The zero-order valence-electron chi connectivity index (χ0n) is 9.95. The van der Waals surface area contributed by atoms with Crippen LogP contribution in [0.5, 0.6) is 5.88 Å². The van der Waals surface area contributed by atoms with Crippen molar-refractivity contribution >= 4 is 34.8 Å². The lowest BCUT2D eigenvalue weighted by Crippen LogP contribution is -1.98. The molecule has 0 fully saturated rings. The smallest absolute Gasteiger partial charge is 0.213 e. The molecule has 0 unspecified atom stereocenters. The van der Waals surface area contributed by atoms with Gasteiger partial charge in [-0.3, -0.25) is 0 Å². The maximum absolute atomic E-state index is 9.41. The molecule has 1 aromatic carbocycles. The molecule has 1 aromatic heterocycles. The van der Waals surface area contributed by atoms with Crippen LogP contribution in [0.25, 0.3) is 11.1 Å². The molecule has 1 heterocycles. The highest BCUT2D eigenvalue weighted by atomic mass is 35.5. The minimum atomic E-state index is -0.248. The molecule has 2 aromatic rings. The van der Waals surface area contributed by atoms with Crippen LogP contribution in [0.2, 0.25) is 15.1 Å². The van der Waals surface area contributed by atoms with Gasteiger partial charge < -0.3 is 9.84 Å². The Balaban J connectivity index is 2.65. The zero-order valence-corrected chi connectivity index (χ0v) is 12.2. The molecule has 0 aliphatic rings. The Hall–Kier alpha value is -1.00. The lowest BCUT2D eigenvalue weighted by molar-refractivity contribution is 0.275. The van der Waals surface area contributed by atoms with Gasteiger partial charge in [0.25, 0.3) is 0 Å². The second kappa shape index (κ2) is 5.97. The van der Waals surface area contributed by atoms with E-state index in [1.807, 2.05) is 0 Å². The van der Waals surface area contributed by atoms with Gasteiger partial charge in [-0.1, -0.05) is 34.8 Å². The molecule has 2 rings (SSSR count). The molecule has 0 bridgehead atoms. The van der Waals surface area contributed by atoms with Crippen molar-refractivity contribution < 1.29 is 9.84 Å². The van der Waals surface area contributed by atoms with E-state index in [1.165, 1.54) is 7.11 Å². The fourth-order valence-electron chi connectivity index (χ4n) is 1.74. The van der Waals surface area contributed by atoms with E-state index in [-0.39, 0.29) is 6.61 Å². The van der Waals surface area contributed by atoms with Gasteiger partial charge in [0.1, 0.15) is 0 Å². The zero-order chi connectivity index (χ0) is 14.0. The third kappa shape index (κ3) is 2.95. The minimum Gasteiger partial charge on any atom is -0.481 e. The van der Waals surface area contributed by atoms with Crippen molar-refractivity contribution in [2.45, 2.75) is 6.61 Å². The highest BCUT2D eigenvalue weighted by Crippen LogP contribution is 2.38. The Labute approximate surface area is 125 Å². The Morgan fingerprint density at radius 3 is 2.32 bits per heavy atom. The Morgan fingerprint density at radius 1 is 1.16 bits per heavy atom. The van der Waals surface area contributed by atoms with E-state index in [1.54, 1.807) is 24.3 Å². The van der Waals surface area contributed by atoms with Gasteiger partial charge >= 0.3 is 0 Å². The normalized spacial score (nSPS) is 10.6. The van der Waals surface area contributed by atoms with E-state index in [0.717, 1.165) is 0 Å². The predicted molar refractivity (Wildman–Crippen MR) is 77.2 cm³/mol. The number of nitrogens with zero attached hydrogens (tertiary/aromatic N) is 1. The van der Waals surface area contributed by atoms with Crippen LogP contribution in [0.1, 0.15) is 5.69 Å². The maximum atomic E-state index is 9.41. The summed E-state index contributed by atoms with van der Waals surface area (Å²) in [6, 6.07) is 6.61. The molecule has 3 nitrogen and oxygen atoms in total. The molecule has 0 spiro atoms. The first-order chi connectivity index (χ1) is 9.06. The molecule has 1 N–H and O–H groups in total. The number of aromatic nitrogens is 1. The summed E-state index contributed by atoms with van der Waals surface area (Å²) in [5.74, 6) is 0.411. The number of ether oxygens (including phenoxy) is 1. The Kier molecular flexibility index (Phi) is 4.53. The summed E-state index contributed by atoms with van der Waals surface area (Å²) < 4.78 is 5.02. The quantitative estimate of drug-likeness (QED) is 0.922. The van der Waals surface area contributed by atoms with E-state index in [2.05, 4.69) is 4.98 Å². The first-order valence-corrected chi connectivity index (χ1v) is 6.50. The summed E-state index contributed by atoms with van der Waals surface area (Å²) in [4.78, 5) is 4.17. The number of hydrogen-bond donors (Lipinski definition) is 1. The van der Waals surface area contributed by atoms with E-state index >= 15 is 0 Å². The second-order valence-electron chi connectivity index (χ2n) is 3.75. The van der Waals surface area contributed by atoms with Gasteiger partial charge in [-0.15, -0.1) is 0 Å². The van der Waals surface area contributed by atoms with Gasteiger partial charge in [0, 0.05) is 22.2 Å². The molecule has 0 radical (unpaired) electrons. The molecule has 19 heavy (non-hydrogen) atoms. The Morgan fingerprint density at radius 2 is 1.79 bits per heavy atom. The van der Waals surface area contributed by atoms with Gasteiger partial charge in [0.15, 0.2) is 0 Å². The van der Waals surface area contributed by atoms with Gasteiger partial charge in [-0.2, -0.15) is 0 Å². The van der Waals surface area contributed by atoms with Crippen LogP contribution in [-0.4, -0.2) is 17.2 Å². The molecule has 0 saturated heterocycles. The lowest BCUT2D eigenvalue weighted by Gasteiger charge is -2.12. The van der Waals surface area contributed by atoms with Gasteiger partial charge in [-0.05, 0) is 18.2 Å². The fourth-order valence-corrected chi connectivity index (χ4v) is 2.76. The predicted octanol–water partition coefficient (Wildman–Crippen LogP) is 4.21. The molecular weight excluding hydrogens is 309 g/mol. The first-order valence-electron chi connectivity index (χ1n) is 5.36. The third-order valence-electron chi connectivity index (χ3n) is 2.58. The summed E-state index contributed by atoms with van der Waals surface area (Å²) in [7, 11) is 1.51.